The fraction of sp³-hybridized carbons (Fsp3) is 0.0769. The molecule has 1 unspecified atom stereocenters. The van der Waals surface area contributed by atoms with Gasteiger partial charge in [-0.05, 0) is 29.8 Å². The zero-order chi connectivity index (χ0) is 12.3. The standard InChI is InChI=1S/C13H12FNOS/c14-11-5-3-4-10(8-11)9-17(16)13-7-2-1-6-12(13)15/h1-8H,9,15H2. The van der Waals surface area contributed by atoms with Crippen molar-refractivity contribution in [1.29, 1.82) is 0 Å². The minimum atomic E-state index is -1.25. The Morgan fingerprint density at radius 3 is 2.59 bits per heavy atom. The van der Waals surface area contributed by atoms with Crippen molar-refractivity contribution in [2.24, 2.45) is 0 Å². The Hall–Kier alpha value is -1.68. The molecule has 17 heavy (non-hydrogen) atoms. The molecule has 0 aliphatic heterocycles. The van der Waals surface area contributed by atoms with E-state index >= 15 is 0 Å². The average Bonchev–Trinajstić information content (AvgIpc) is 2.29. The van der Waals surface area contributed by atoms with E-state index in [1.54, 1.807) is 36.4 Å². The number of hydrogen-bond acceptors (Lipinski definition) is 2. The van der Waals surface area contributed by atoms with Crippen molar-refractivity contribution in [2.45, 2.75) is 10.6 Å². The first-order valence-corrected chi connectivity index (χ1v) is 6.46. The Morgan fingerprint density at radius 2 is 1.88 bits per heavy atom. The summed E-state index contributed by atoms with van der Waals surface area (Å²) < 4.78 is 25.0. The molecule has 2 aromatic rings. The smallest absolute Gasteiger partial charge is 0.123 e. The van der Waals surface area contributed by atoms with Gasteiger partial charge in [0.15, 0.2) is 0 Å². The van der Waals surface area contributed by atoms with Gasteiger partial charge in [-0.3, -0.25) is 4.21 Å². The van der Waals surface area contributed by atoms with Gasteiger partial charge in [-0.15, -0.1) is 0 Å². The second kappa shape index (κ2) is 5.10. The van der Waals surface area contributed by atoms with Gasteiger partial charge >= 0.3 is 0 Å². The van der Waals surface area contributed by atoms with Crippen LogP contribution in [0.1, 0.15) is 5.56 Å². The van der Waals surface area contributed by atoms with E-state index < -0.39 is 10.8 Å². The van der Waals surface area contributed by atoms with E-state index in [0.29, 0.717) is 16.1 Å². The lowest BCUT2D eigenvalue weighted by atomic mass is 10.2. The molecule has 2 N–H and O–H groups in total. The van der Waals surface area contributed by atoms with E-state index in [4.69, 9.17) is 5.73 Å². The van der Waals surface area contributed by atoms with Crippen LogP contribution in [-0.2, 0) is 16.6 Å². The lowest BCUT2D eigenvalue weighted by Crippen LogP contribution is -2.00. The molecule has 1 atom stereocenters. The maximum atomic E-state index is 13.0. The van der Waals surface area contributed by atoms with Crippen LogP contribution >= 0.6 is 0 Å². The number of para-hydroxylation sites is 1. The van der Waals surface area contributed by atoms with Crippen LogP contribution in [0.2, 0.25) is 0 Å². The summed E-state index contributed by atoms with van der Waals surface area (Å²) in [6, 6.07) is 13.1. The second-order valence-corrected chi connectivity index (χ2v) is 5.08. The molecule has 0 radical (unpaired) electrons. The number of rotatable bonds is 3. The van der Waals surface area contributed by atoms with E-state index in [1.807, 2.05) is 0 Å². The molecule has 2 aromatic carbocycles. The normalized spacial score (nSPS) is 12.3. The van der Waals surface area contributed by atoms with E-state index in [0.717, 1.165) is 0 Å². The van der Waals surface area contributed by atoms with Crippen LogP contribution in [0.4, 0.5) is 10.1 Å². The van der Waals surface area contributed by atoms with Gasteiger partial charge in [0.05, 0.1) is 21.4 Å². The van der Waals surface area contributed by atoms with Crippen LogP contribution in [0.5, 0.6) is 0 Å². The van der Waals surface area contributed by atoms with E-state index in [2.05, 4.69) is 0 Å². The Labute approximate surface area is 102 Å². The Balaban J connectivity index is 2.20. The van der Waals surface area contributed by atoms with Gasteiger partial charge in [0.1, 0.15) is 5.82 Å². The van der Waals surface area contributed by atoms with Crippen LogP contribution in [0.25, 0.3) is 0 Å². The zero-order valence-electron chi connectivity index (χ0n) is 9.10. The molecule has 2 nitrogen and oxygen atoms in total. The number of benzene rings is 2. The van der Waals surface area contributed by atoms with Gasteiger partial charge in [0.25, 0.3) is 0 Å². The van der Waals surface area contributed by atoms with E-state index in [9.17, 15) is 8.60 Å². The third kappa shape index (κ3) is 2.91. The van der Waals surface area contributed by atoms with Crippen LogP contribution < -0.4 is 5.73 Å². The molecule has 0 aliphatic carbocycles. The van der Waals surface area contributed by atoms with Crippen LogP contribution in [0, 0.1) is 5.82 Å². The van der Waals surface area contributed by atoms with Gasteiger partial charge in [-0.25, -0.2) is 4.39 Å². The maximum Gasteiger partial charge on any atom is 0.123 e. The van der Waals surface area contributed by atoms with Crippen molar-refractivity contribution in [3.8, 4) is 0 Å². The van der Waals surface area contributed by atoms with Gasteiger partial charge in [0.2, 0.25) is 0 Å². The van der Waals surface area contributed by atoms with Gasteiger partial charge < -0.3 is 5.73 Å². The average molecular weight is 249 g/mol. The predicted octanol–water partition coefficient (Wildman–Crippen LogP) is 2.72. The maximum absolute atomic E-state index is 13.0. The fourth-order valence-electron chi connectivity index (χ4n) is 1.54. The molecule has 0 spiro atoms. The number of hydrogen-bond donors (Lipinski definition) is 1. The lowest BCUT2D eigenvalue weighted by molar-refractivity contribution is 0.626. The monoisotopic (exact) mass is 249 g/mol. The van der Waals surface area contributed by atoms with Crippen molar-refractivity contribution >= 4 is 16.5 Å². The van der Waals surface area contributed by atoms with Crippen LogP contribution in [0.15, 0.2) is 53.4 Å². The largest absolute Gasteiger partial charge is 0.398 e. The van der Waals surface area contributed by atoms with E-state index in [-0.39, 0.29) is 11.6 Å². The summed E-state index contributed by atoms with van der Waals surface area (Å²) in [6.07, 6.45) is 0. The highest BCUT2D eigenvalue weighted by molar-refractivity contribution is 7.84. The Bertz CT molecular complexity index is 557. The first kappa shape index (κ1) is 11.8. The zero-order valence-corrected chi connectivity index (χ0v) is 9.91. The SMILES string of the molecule is Nc1ccccc1S(=O)Cc1cccc(F)c1. The number of halogens is 1. The molecule has 0 aliphatic rings. The molecule has 4 heteroatoms. The molecular formula is C13H12FNOS. The topological polar surface area (TPSA) is 43.1 Å². The summed E-state index contributed by atoms with van der Waals surface area (Å²) in [6.45, 7) is 0. The highest BCUT2D eigenvalue weighted by atomic mass is 32.2. The third-order valence-electron chi connectivity index (χ3n) is 2.35. The van der Waals surface area contributed by atoms with Crippen molar-refractivity contribution in [3.63, 3.8) is 0 Å². The van der Waals surface area contributed by atoms with Crippen molar-refractivity contribution in [1.82, 2.24) is 0 Å². The summed E-state index contributed by atoms with van der Waals surface area (Å²) in [5.41, 5.74) is 6.94. The highest BCUT2D eigenvalue weighted by Gasteiger charge is 2.08. The van der Waals surface area contributed by atoms with E-state index in [1.165, 1.54) is 12.1 Å². The number of nitrogens with two attached hydrogens (primary N) is 1. The Morgan fingerprint density at radius 1 is 1.12 bits per heavy atom. The van der Waals surface area contributed by atoms with Gasteiger partial charge in [-0.2, -0.15) is 0 Å². The van der Waals surface area contributed by atoms with Crippen molar-refractivity contribution in [3.05, 3.63) is 59.9 Å². The minimum absolute atomic E-state index is 0.270. The van der Waals surface area contributed by atoms with Crippen molar-refractivity contribution in [2.75, 3.05) is 5.73 Å². The summed E-state index contributed by atoms with van der Waals surface area (Å²) in [7, 11) is -1.25. The van der Waals surface area contributed by atoms with Gasteiger partial charge in [0, 0.05) is 5.69 Å². The lowest BCUT2D eigenvalue weighted by Gasteiger charge is -2.05. The fourth-order valence-corrected chi connectivity index (χ4v) is 2.74. The molecule has 0 fully saturated rings. The molecular weight excluding hydrogens is 237 g/mol. The molecule has 0 saturated carbocycles. The molecule has 0 aromatic heterocycles. The number of anilines is 1. The molecule has 0 saturated heterocycles. The molecule has 88 valence electrons. The first-order chi connectivity index (χ1) is 8.16. The van der Waals surface area contributed by atoms with Crippen LogP contribution in [0.3, 0.4) is 0 Å². The summed E-state index contributed by atoms with van der Waals surface area (Å²) in [5, 5.41) is 0. The first-order valence-electron chi connectivity index (χ1n) is 5.14. The number of nitrogen functional groups attached to an aromatic ring is 1. The molecule has 0 heterocycles. The molecule has 2 rings (SSSR count). The second-order valence-electron chi connectivity index (χ2n) is 3.66. The quantitative estimate of drug-likeness (QED) is 0.850. The van der Waals surface area contributed by atoms with Crippen molar-refractivity contribution < 1.29 is 8.60 Å². The third-order valence-corrected chi connectivity index (χ3v) is 3.81. The minimum Gasteiger partial charge on any atom is -0.398 e. The predicted molar refractivity (Wildman–Crippen MR) is 67.4 cm³/mol. The summed E-state index contributed by atoms with van der Waals surface area (Å²) in [4.78, 5) is 0.594. The van der Waals surface area contributed by atoms with Crippen LogP contribution in [-0.4, -0.2) is 4.21 Å². The van der Waals surface area contributed by atoms with Gasteiger partial charge in [-0.1, -0.05) is 24.3 Å². The Kier molecular flexibility index (Phi) is 3.54. The molecule has 0 amide bonds. The highest BCUT2D eigenvalue weighted by Crippen LogP contribution is 2.18. The summed E-state index contributed by atoms with van der Waals surface area (Å²) in [5.74, 6) is -0.0491. The summed E-state index contributed by atoms with van der Waals surface area (Å²) >= 11 is 0. The molecule has 0 bridgehead atoms.